The molecule has 8 heteroatoms. The molecule has 0 heterocycles. The summed E-state index contributed by atoms with van der Waals surface area (Å²) in [6, 6.07) is 0. The predicted molar refractivity (Wildman–Crippen MR) is 44.5 cm³/mol. The Kier molecular flexibility index (Phi) is 9.91. The molecule has 0 aromatic carbocycles. The van der Waals surface area contributed by atoms with Gasteiger partial charge in [-0.05, 0) is 0 Å². The molecule has 0 aromatic heterocycles. The van der Waals surface area contributed by atoms with Gasteiger partial charge in [-0.3, -0.25) is 0 Å². The van der Waals surface area contributed by atoms with E-state index in [0.717, 1.165) is 0 Å². The van der Waals surface area contributed by atoms with Gasteiger partial charge >= 0.3 is 54.9 Å². The van der Waals surface area contributed by atoms with Gasteiger partial charge in [0.1, 0.15) is 18.3 Å². The SMILES string of the molecule is O=C(O)C(O)C(O)C(O)C(O)CO.[Ba+2]. The summed E-state index contributed by atoms with van der Waals surface area (Å²) in [5.41, 5.74) is 0. The van der Waals surface area contributed by atoms with Gasteiger partial charge in [0.15, 0.2) is 6.10 Å². The first-order valence-corrected chi connectivity index (χ1v) is 3.47. The molecular weight excluding hydrogens is 321 g/mol. The first-order valence-electron chi connectivity index (χ1n) is 3.47. The summed E-state index contributed by atoms with van der Waals surface area (Å²) in [5, 5.41) is 51.8. The van der Waals surface area contributed by atoms with Crippen LogP contribution in [0.1, 0.15) is 0 Å². The number of rotatable bonds is 5. The van der Waals surface area contributed by atoms with E-state index in [2.05, 4.69) is 0 Å². The molecule has 0 amide bonds. The van der Waals surface area contributed by atoms with Crippen LogP contribution in [0.4, 0.5) is 0 Å². The van der Waals surface area contributed by atoms with Crippen molar-refractivity contribution in [3.63, 3.8) is 0 Å². The largest absolute Gasteiger partial charge is 2.00 e. The summed E-state index contributed by atoms with van der Waals surface area (Å²) >= 11 is 0. The molecule has 0 fully saturated rings. The van der Waals surface area contributed by atoms with Crippen molar-refractivity contribution >= 4 is 54.9 Å². The molecule has 0 aliphatic rings. The molecule has 78 valence electrons. The zero-order valence-corrected chi connectivity index (χ0v) is 11.8. The van der Waals surface area contributed by atoms with E-state index in [0.29, 0.717) is 0 Å². The van der Waals surface area contributed by atoms with Crippen LogP contribution in [0.3, 0.4) is 0 Å². The van der Waals surface area contributed by atoms with Crippen molar-refractivity contribution in [2.45, 2.75) is 24.4 Å². The van der Waals surface area contributed by atoms with Crippen LogP contribution in [0.15, 0.2) is 0 Å². The molecule has 0 aliphatic heterocycles. The van der Waals surface area contributed by atoms with Crippen LogP contribution in [0.5, 0.6) is 0 Å². The summed E-state index contributed by atoms with van der Waals surface area (Å²) in [6.07, 6.45) is -7.84. The number of hydrogen-bond acceptors (Lipinski definition) is 6. The van der Waals surface area contributed by atoms with Crippen molar-refractivity contribution in [3.05, 3.63) is 0 Å². The Bertz CT molecular complexity index is 176. The molecule has 0 radical (unpaired) electrons. The second-order valence-corrected chi connectivity index (χ2v) is 2.51. The van der Waals surface area contributed by atoms with Crippen LogP contribution >= 0.6 is 0 Å². The molecule has 4 atom stereocenters. The molecule has 0 aliphatic carbocycles. The number of aliphatic carboxylic acids is 1. The van der Waals surface area contributed by atoms with Gasteiger partial charge in [0.05, 0.1) is 6.61 Å². The molecule has 0 spiro atoms. The number of aliphatic hydroxyl groups excluding tert-OH is 5. The molecule has 14 heavy (non-hydrogen) atoms. The van der Waals surface area contributed by atoms with Crippen LogP contribution in [0.2, 0.25) is 0 Å². The molecule has 0 saturated carbocycles. The second-order valence-electron chi connectivity index (χ2n) is 2.51. The van der Waals surface area contributed by atoms with Gasteiger partial charge in [-0.2, -0.15) is 0 Å². The fraction of sp³-hybridized carbons (Fsp3) is 0.833. The molecule has 4 unspecified atom stereocenters. The quantitative estimate of drug-likeness (QED) is 0.283. The third kappa shape index (κ3) is 5.07. The number of aliphatic hydroxyl groups is 5. The van der Waals surface area contributed by atoms with E-state index in [4.69, 9.17) is 30.6 Å². The van der Waals surface area contributed by atoms with E-state index in [1.807, 2.05) is 0 Å². The number of carboxylic acid groups (broad SMARTS) is 1. The van der Waals surface area contributed by atoms with Gasteiger partial charge in [0, 0.05) is 0 Å². The zero-order valence-electron chi connectivity index (χ0n) is 7.32. The maximum Gasteiger partial charge on any atom is 2.00 e. The van der Waals surface area contributed by atoms with Gasteiger partial charge in [-0.1, -0.05) is 0 Å². The Balaban J connectivity index is 0. The van der Waals surface area contributed by atoms with Crippen molar-refractivity contribution in [1.82, 2.24) is 0 Å². The van der Waals surface area contributed by atoms with Crippen LogP contribution in [-0.4, -0.2) is 117 Å². The molecule has 0 saturated heterocycles. The fourth-order valence-electron chi connectivity index (χ4n) is 0.668. The smallest absolute Gasteiger partial charge is 0.479 e. The summed E-state index contributed by atoms with van der Waals surface area (Å²) in [4.78, 5) is 10.1. The van der Waals surface area contributed by atoms with Gasteiger partial charge < -0.3 is 30.6 Å². The van der Waals surface area contributed by atoms with Crippen molar-refractivity contribution in [2.75, 3.05) is 6.61 Å². The van der Waals surface area contributed by atoms with Crippen molar-refractivity contribution < 1.29 is 35.4 Å². The first-order chi connectivity index (χ1) is 5.91. The van der Waals surface area contributed by atoms with Crippen molar-refractivity contribution in [2.24, 2.45) is 0 Å². The topological polar surface area (TPSA) is 138 Å². The van der Waals surface area contributed by atoms with Gasteiger partial charge in [0.2, 0.25) is 0 Å². The summed E-state index contributed by atoms with van der Waals surface area (Å²) in [5.74, 6) is -1.73. The Hall–Kier alpha value is 0.841. The summed E-state index contributed by atoms with van der Waals surface area (Å²) < 4.78 is 0. The van der Waals surface area contributed by atoms with E-state index < -0.39 is 37.0 Å². The van der Waals surface area contributed by atoms with E-state index >= 15 is 0 Å². The maximum atomic E-state index is 10.1. The van der Waals surface area contributed by atoms with Crippen molar-refractivity contribution in [1.29, 1.82) is 0 Å². The van der Waals surface area contributed by atoms with Crippen molar-refractivity contribution in [3.8, 4) is 0 Å². The van der Waals surface area contributed by atoms with Crippen LogP contribution in [0, 0.1) is 0 Å². The number of hydrogen-bond donors (Lipinski definition) is 6. The molecular formula is C6H12BaO7+2. The molecule has 0 rings (SSSR count). The minimum absolute atomic E-state index is 0. The molecule has 7 nitrogen and oxygen atoms in total. The predicted octanol–water partition coefficient (Wildman–Crippen LogP) is -3.87. The van der Waals surface area contributed by atoms with E-state index in [-0.39, 0.29) is 48.9 Å². The third-order valence-corrected chi connectivity index (χ3v) is 1.51. The van der Waals surface area contributed by atoms with Gasteiger partial charge in [-0.25, -0.2) is 4.79 Å². The molecule has 0 bridgehead atoms. The zero-order chi connectivity index (χ0) is 10.6. The van der Waals surface area contributed by atoms with E-state index in [9.17, 15) is 4.79 Å². The third-order valence-electron chi connectivity index (χ3n) is 1.51. The molecule has 0 aromatic rings. The maximum absolute atomic E-state index is 10.1. The minimum atomic E-state index is -2.20. The minimum Gasteiger partial charge on any atom is -0.479 e. The Morgan fingerprint density at radius 3 is 1.79 bits per heavy atom. The van der Waals surface area contributed by atoms with Crippen LogP contribution in [-0.2, 0) is 4.79 Å². The second kappa shape index (κ2) is 8.05. The monoisotopic (exact) mass is 334 g/mol. The Morgan fingerprint density at radius 1 is 1.07 bits per heavy atom. The first kappa shape index (κ1) is 17.2. The Morgan fingerprint density at radius 2 is 1.50 bits per heavy atom. The van der Waals surface area contributed by atoms with Crippen LogP contribution in [0.25, 0.3) is 0 Å². The van der Waals surface area contributed by atoms with E-state index in [1.165, 1.54) is 0 Å². The number of carboxylic acids is 1. The standard InChI is InChI=1S/C6H12O7.Ba/c7-1-2(8)3(9)4(10)5(11)6(12)13;/h2-5,7-11H,1H2,(H,12,13);/q;+2. The summed E-state index contributed by atoms with van der Waals surface area (Å²) in [7, 11) is 0. The number of carbonyl (C=O) groups is 1. The average molecular weight is 333 g/mol. The Labute approximate surface area is 120 Å². The average Bonchev–Trinajstić information content (AvgIpc) is 2.12. The normalized spacial score (nSPS) is 18.9. The molecule has 6 N–H and O–H groups in total. The fourth-order valence-corrected chi connectivity index (χ4v) is 0.668. The van der Waals surface area contributed by atoms with Crippen LogP contribution < -0.4 is 0 Å². The summed E-state index contributed by atoms with van der Waals surface area (Å²) in [6.45, 7) is -0.843. The van der Waals surface area contributed by atoms with E-state index in [1.54, 1.807) is 0 Å². The van der Waals surface area contributed by atoms with Gasteiger partial charge in [0.25, 0.3) is 0 Å². The van der Waals surface area contributed by atoms with Gasteiger partial charge in [-0.15, -0.1) is 0 Å².